The minimum absolute atomic E-state index is 0.0260. The summed E-state index contributed by atoms with van der Waals surface area (Å²) >= 11 is 0. The number of Topliss-reactive ketones (excluding diaryl/α,β-unsaturated/α-hetero) is 2. The molecule has 1 aliphatic rings. The molecule has 0 radical (unpaired) electrons. The zero-order chi connectivity index (χ0) is 38.2. The molecule has 3 aromatic carbocycles. The van der Waals surface area contributed by atoms with E-state index in [1.165, 1.54) is 61.5 Å². The van der Waals surface area contributed by atoms with E-state index >= 15 is 4.39 Å². The smallest absolute Gasteiger partial charge is 0.349 e. The lowest BCUT2D eigenvalue weighted by Crippen LogP contribution is -2.32. The lowest BCUT2D eigenvalue weighted by atomic mass is 9.88. The molecule has 1 aliphatic carbocycles. The van der Waals surface area contributed by atoms with Crippen molar-refractivity contribution in [1.29, 1.82) is 0 Å². The van der Waals surface area contributed by atoms with Gasteiger partial charge in [-0.3, -0.25) is 23.9 Å². The van der Waals surface area contributed by atoms with Crippen molar-refractivity contribution in [2.45, 2.75) is 52.9 Å². The minimum atomic E-state index is -3.48. The number of methoxy groups -OCH3 is 1. The van der Waals surface area contributed by atoms with E-state index in [0.29, 0.717) is 58.5 Å². The van der Waals surface area contributed by atoms with Crippen molar-refractivity contribution in [2.75, 3.05) is 39.8 Å². The standard InChI is InChI=1S/C39H43F2N2O9P/c1-5-50-53(47,51-6-2)25-43(26(3)44)18-7-19-49-36-23-30-32(24-35(36)48-4)42-17-14-33(30)52-34-13-10-28(20-31(34)41)22-38(46)39(15-16-39)37(45)21-27-8-11-29(40)12-9-27/h8-14,17,20,23-24H,5-7,15-16,18-19,21-22,25H2,1-4H3. The van der Waals surface area contributed by atoms with Crippen molar-refractivity contribution in [3.05, 3.63) is 89.6 Å². The van der Waals surface area contributed by atoms with Gasteiger partial charge in [-0.1, -0.05) is 18.2 Å². The fraction of sp³-hybridized carbons (Fsp3) is 0.385. The van der Waals surface area contributed by atoms with Crippen molar-refractivity contribution < 1.29 is 51.0 Å². The summed E-state index contributed by atoms with van der Waals surface area (Å²) in [5.41, 5.74) is 0.439. The van der Waals surface area contributed by atoms with Crippen molar-refractivity contribution in [3.63, 3.8) is 0 Å². The van der Waals surface area contributed by atoms with Gasteiger partial charge in [-0.15, -0.1) is 0 Å². The van der Waals surface area contributed by atoms with Crippen LogP contribution in [0.15, 0.2) is 66.9 Å². The van der Waals surface area contributed by atoms with Crippen LogP contribution in [-0.4, -0.2) is 67.1 Å². The third-order valence-electron chi connectivity index (χ3n) is 8.93. The SMILES string of the molecule is CCOP(=O)(CN(CCCOc1cc2c(Oc3ccc(CC(=O)C4(C(=O)Cc5ccc(F)cc5)CC4)cc3F)ccnc2cc1OC)C(C)=O)OCC. The first-order chi connectivity index (χ1) is 25.4. The molecule has 1 fully saturated rings. The maximum atomic E-state index is 15.4. The van der Waals surface area contributed by atoms with Gasteiger partial charge in [-0.05, 0) is 80.6 Å². The normalized spacial score (nSPS) is 13.4. The van der Waals surface area contributed by atoms with Gasteiger partial charge in [0, 0.05) is 44.0 Å². The molecule has 5 rings (SSSR count). The number of carbonyl (C=O) groups is 3. The number of pyridine rings is 1. The van der Waals surface area contributed by atoms with Gasteiger partial charge in [0.1, 0.15) is 17.9 Å². The molecule has 1 saturated carbocycles. The van der Waals surface area contributed by atoms with Crippen LogP contribution in [0.3, 0.4) is 0 Å². The molecule has 1 amide bonds. The molecule has 0 atom stereocenters. The number of ketones is 2. The summed E-state index contributed by atoms with van der Waals surface area (Å²) in [6, 6.07) is 14.8. The Bertz CT molecular complexity index is 1990. The van der Waals surface area contributed by atoms with Crippen LogP contribution in [0.25, 0.3) is 10.9 Å². The molecule has 0 aliphatic heterocycles. The molecule has 0 bridgehead atoms. The van der Waals surface area contributed by atoms with Gasteiger partial charge in [0.05, 0.1) is 37.9 Å². The maximum Gasteiger partial charge on any atom is 0.349 e. The summed E-state index contributed by atoms with van der Waals surface area (Å²) in [5, 5.41) is 0.511. The molecule has 14 heteroatoms. The van der Waals surface area contributed by atoms with Gasteiger partial charge in [-0.2, -0.15) is 0 Å². The van der Waals surface area contributed by atoms with Crippen LogP contribution in [0.2, 0.25) is 0 Å². The Balaban J connectivity index is 1.24. The van der Waals surface area contributed by atoms with Gasteiger partial charge in [0.25, 0.3) is 0 Å². The Labute approximate surface area is 307 Å². The number of fused-ring (bicyclic) bond motifs is 1. The monoisotopic (exact) mass is 752 g/mol. The van der Waals surface area contributed by atoms with Crippen molar-refractivity contribution in [3.8, 4) is 23.0 Å². The lowest BCUT2D eigenvalue weighted by molar-refractivity contribution is -0.134. The van der Waals surface area contributed by atoms with Gasteiger partial charge in [-0.25, -0.2) is 8.78 Å². The molecular formula is C39H43F2N2O9P. The second-order valence-electron chi connectivity index (χ2n) is 12.7. The van der Waals surface area contributed by atoms with Crippen LogP contribution in [0.5, 0.6) is 23.0 Å². The molecule has 4 aromatic rings. The molecule has 0 N–H and O–H groups in total. The molecule has 1 aromatic heterocycles. The van der Waals surface area contributed by atoms with Gasteiger partial charge in [0.15, 0.2) is 34.6 Å². The highest BCUT2D eigenvalue weighted by Crippen LogP contribution is 2.49. The third kappa shape index (κ3) is 9.84. The lowest BCUT2D eigenvalue weighted by Gasteiger charge is -2.26. The zero-order valence-corrected chi connectivity index (χ0v) is 31.1. The Morgan fingerprint density at radius 1 is 0.849 bits per heavy atom. The van der Waals surface area contributed by atoms with Gasteiger partial charge >= 0.3 is 7.60 Å². The molecule has 0 spiro atoms. The average Bonchev–Trinajstić information content (AvgIpc) is 3.94. The van der Waals surface area contributed by atoms with Crippen molar-refractivity contribution >= 4 is 36.0 Å². The van der Waals surface area contributed by atoms with Crippen molar-refractivity contribution in [1.82, 2.24) is 9.88 Å². The van der Waals surface area contributed by atoms with Crippen molar-refractivity contribution in [2.24, 2.45) is 5.41 Å². The molecule has 11 nitrogen and oxygen atoms in total. The van der Waals surface area contributed by atoms with Crippen LogP contribution < -0.4 is 14.2 Å². The first-order valence-corrected chi connectivity index (χ1v) is 19.1. The van der Waals surface area contributed by atoms with Crippen LogP contribution >= 0.6 is 7.60 Å². The van der Waals surface area contributed by atoms with E-state index in [4.69, 9.17) is 23.3 Å². The Morgan fingerprint density at radius 2 is 1.51 bits per heavy atom. The van der Waals surface area contributed by atoms with E-state index in [0.717, 1.165) is 0 Å². The number of carbonyl (C=O) groups excluding carboxylic acids is 3. The number of halogens is 2. The number of hydrogen-bond acceptors (Lipinski definition) is 10. The Hall–Kier alpha value is -4.71. The fourth-order valence-corrected chi connectivity index (χ4v) is 7.76. The second kappa shape index (κ2) is 17.4. The van der Waals surface area contributed by atoms with E-state index in [1.807, 2.05) is 0 Å². The first-order valence-electron chi connectivity index (χ1n) is 17.4. The van der Waals surface area contributed by atoms with E-state index in [9.17, 15) is 23.3 Å². The molecule has 282 valence electrons. The summed E-state index contributed by atoms with van der Waals surface area (Å²) in [7, 11) is -2.00. The quantitative estimate of drug-likeness (QED) is 0.0500. The third-order valence-corrected chi connectivity index (χ3v) is 10.9. The van der Waals surface area contributed by atoms with Gasteiger partial charge < -0.3 is 28.2 Å². The summed E-state index contributed by atoms with van der Waals surface area (Å²) in [4.78, 5) is 44.4. The Kier molecular flexibility index (Phi) is 13.0. The molecular weight excluding hydrogens is 709 g/mol. The number of ether oxygens (including phenoxy) is 3. The maximum absolute atomic E-state index is 15.4. The fourth-order valence-electron chi connectivity index (χ4n) is 5.98. The highest BCUT2D eigenvalue weighted by atomic mass is 31.2. The first kappa shape index (κ1) is 39.5. The summed E-state index contributed by atoms with van der Waals surface area (Å²) in [6.07, 6.45) is 2.50. The van der Waals surface area contributed by atoms with Gasteiger partial charge in [0.2, 0.25) is 5.91 Å². The van der Waals surface area contributed by atoms with E-state index in [2.05, 4.69) is 4.98 Å². The second-order valence-corrected chi connectivity index (χ2v) is 14.7. The number of aromatic nitrogens is 1. The predicted molar refractivity (Wildman–Crippen MR) is 193 cm³/mol. The largest absolute Gasteiger partial charge is 0.493 e. The van der Waals surface area contributed by atoms with Crippen LogP contribution in [-0.2, 0) is 40.8 Å². The molecule has 53 heavy (non-hydrogen) atoms. The number of benzene rings is 3. The summed E-state index contributed by atoms with van der Waals surface area (Å²) in [6.45, 7) is 5.55. The highest BCUT2D eigenvalue weighted by Gasteiger charge is 2.54. The number of hydrogen-bond donors (Lipinski definition) is 0. The Morgan fingerprint density at radius 3 is 2.11 bits per heavy atom. The van der Waals surface area contributed by atoms with E-state index < -0.39 is 24.6 Å². The number of rotatable bonds is 20. The topological polar surface area (TPSA) is 131 Å². The summed E-state index contributed by atoms with van der Waals surface area (Å²) in [5.74, 6) is -0.910. The number of amides is 1. The predicted octanol–water partition coefficient (Wildman–Crippen LogP) is 7.86. The molecule has 1 heterocycles. The highest BCUT2D eigenvalue weighted by molar-refractivity contribution is 7.53. The zero-order valence-electron chi connectivity index (χ0n) is 30.2. The summed E-state index contributed by atoms with van der Waals surface area (Å²) < 4.78 is 70.0. The molecule has 0 saturated heterocycles. The molecule has 0 unspecified atom stereocenters. The minimum Gasteiger partial charge on any atom is -0.493 e. The van der Waals surface area contributed by atoms with E-state index in [1.54, 1.807) is 38.1 Å². The van der Waals surface area contributed by atoms with Crippen LogP contribution in [0.1, 0.15) is 51.2 Å². The van der Waals surface area contributed by atoms with E-state index in [-0.39, 0.29) is 68.7 Å². The number of nitrogens with zero attached hydrogens (tertiary/aromatic N) is 2. The average molecular weight is 753 g/mol. The van der Waals surface area contributed by atoms with Crippen LogP contribution in [0, 0.1) is 17.0 Å². The van der Waals surface area contributed by atoms with Crippen LogP contribution in [0.4, 0.5) is 8.78 Å².